The number of aromatic amines is 1. The summed E-state index contributed by atoms with van der Waals surface area (Å²) in [5, 5.41) is 0. The van der Waals surface area contributed by atoms with Crippen LogP contribution in [0.1, 0.15) is 0 Å². The number of hydrogen-bond acceptors (Lipinski definition) is 1. The zero-order valence-corrected chi connectivity index (χ0v) is 8.68. The molecule has 0 aliphatic heterocycles. The summed E-state index contributed by atoms with van der Waals surface area (Å²) in [7, 11) is 5.57. The monoisotopic (exact) mass is 250 g/mol. The Hall–Kier alpha value is -1.10. The summed E-state index contributed by atoms with van der Waals surface area (Å²) in [5.41, 5.74) is 1.26. The number of imidazole rings is 1. The lowest BCUT2D eigenvalue weighted by atomic mass is 10.1. The Morgan fingerprint density at radius 3 is 2.43 bits per heavy atom. The van der Waals surface area contributed by atoms with Gasteiger partial charge >= 0.3 is 0 Å². The molecule has 1 aromatic carbocycles. The second-order valence-corrected chi connectivity index (χ2v) is 3.55. The molecular weight excluding hydrogens is 246 g/mol. The molecule has 0 saturated carbocycles. The van der Waals surface area contributed by atoms with Gasteiger partial charge in [-0.15, -0.1) is 0 Å². The van der Waals surface area contributed by atoms with E-state index in [4.69, 9.17) is 7.85 Å². The van der Waals surface area contributed by atoms with Crippen molar-refractivity contribution in [3.63, 3.8) is 0 Å². The molecule has 2 radical (unpaired) electrons. The van der Waals surface area contributed by atoms with Crippen LogP contribution in [0.15, 0.2) is 28.9 Å². The fourth-order valence-corrected chi connectivity index (χ4v) is 1.39. The minimum atomic E-state index is -0.271. The highest BCUT2D eigenvalue weighted by atomic mass is 79.9. The van der Waals surface area contributed by atoms with E-state index in [1.54, 1.807) is 12.1 Å². The van der Waals surface area contributed by atoms with Crippen molar-refractivity contribution < 1.29 is 4.39 Å². The Bertz CT molecular complexity index is 433. The predicted molar refractivity (Wildman–Crippen MR) is 57.1 cm³/mol. The number of benzene rings is 1. The molecule has 1 N–H and O–H groups in total. The largest absolute Gasteiger partial charge is 0.351 e. The Morgan fingerprint density at radius 2 is 1.93 bits per heavy atom. The third-order valence-electron chi connectivity index (χ3n) is 1.80. The van der Waals surface area contributed by atoms with Crippen LogP contribution >= 0.6 is 15.9 Å². The fraction of sp³-hybridized carbons (Fsp3) is 0. The van der Waals surface area contributed by atoms with E-state index in [1.165, 1.54) is 12.1 Å². The SMILES string of the molecule is [B]c1[nH]c(-c2ccc(F)cc2)nc1Br. The molecular formula is C9H5BBrFN2. The highest BCUT2D eigenvalue weighted by molar-refractivity contribution is 9.10. The van der Waals surface area contributed by atoms with Crippen molar-refractivity contribution >= 4 is 29.4 Å². The first-order valence-electron chi connectivity index (χ1n) is 3.94. The van der Waals surface area contributed by atoms with Crippen molar-refractivity contribution in [2.24, 2.45) is 0 Å². The van der Waals surface area contributed by atoms with Gasteiger partial charge in [-0.3, -0.25) is 0 Å². The standard InChI is InChI=1S/C9H5BBrFN2/c10-7-8(11)14-9(13-7)5-1-3-6(12)4-2-5/h1-4H,(H,13,14). The summed E-state index contributed by atoms with van der Waals surface area (Å²) in [4.78, 5) is 7.00. The van der Waals surface area contributed by atoms with E-state index in [1.807, 2.05) is 0 Å². The molecule has 5 heteroatoms. The lowest BCUT2D eigenvalue weighted by Crippen LogP contribution is -2.03. The van der Waals surface area contributed by atoms with Crippen LogP contribution in [-0.4, -0.2) is 17.8 Å². The van der Waals surface area contributed by atoms with Crippen LogP contribution in [-0.2, 0) is 0 Å². The molecule has 0 unspecified atom stereocenters. The van der Waals surface area contributed by atoms with Crippen LogP contribution in [0.25, 0.3) is 11.4 Å². The molecule has 2 aromatic rings. The Morgan fingerprint density at radius 1 is 1.29 bits per heavy atom. The maximum absolute atomic E-state index is 12.6. The maximum atomic E-state index is 12.6. The second-order valence-electron chi connectivity index (χ2n) is 2.80. The van der Waals surface area contributed by atoms with Crippen molar-refractivity contribution in [3.8, 4) is 11.4 Å². The van der Waals surface area contributed by atoms with Gasteiger partial charge in [0.05, 0.1) is 0 Å². The molecule has 1 aromatic heterocycles. The molecule has 0 aliphatic rings. The van der Waals surface area contributed by atoms with E-state index in [2.05, 4.69) is 25.9 Å². The minimum Gasteiger partial charge on any atom is -0.351 e. The van der Waals surface area contributed by atoms with Crippen LogP contribution in [0.5, 0.6) is 0 Å². The maximum Gasteiger partial charge on any atom is 0.142 e. The molecule has 0 atom stereocenters. The van der Waals surface area contributed by atoms with Crippen molar-refractivity contribution in [2.75, 3.05) is 0 Å². The summed E-state index contributed by atoms with van der Waals surface area (Å²) in [6.45, 7) is 0. The molecule has 0 bridgehead atoms. The Kier molecular flexibility index (Phi) is 2.41. The van der Waals surface area contributed by atoms with E-state index in [9.17, 15) is 4.39 Å². The van der Waals surface area contributed by atoms with Crippen LogP contribution in [0.2, 0.25) is 0 Å². The molecule has 0 aliphatic carbocycles. The molecule has 2 rings (SSSR count). The van der Waals surface area contributed by atoms with Gasteiger partial charge in [-0.05, 0) is 45.8 Å². The number of hydrogen-bond donors (Lipinski definition) is 1. The number of nitrogens with zero attached hydrogens (tertiary/aromatic N) is 1. The summed E-state index contributed by atoms with van der Waals surface area (Å²) < 4.78 is 13.2. The van der Waals surface area contributed by atoms with E-state index in [0.29, 0.717) is 16.0 Å². The van der Waals surface area contributed by atoms with Gasteiger partial charge in [0.2, 0.25) is 0 Å². The van der Waals surface area contributed by atoms with Crippen molar-refractivity contribution in [2.45, 2.75) is 0 Å². The first-order valence-corrected chi connectivity index (χ1v) is 4.73. The zero-order valence-electron chi connectivity index (χ0n) is 7.09. The molecule has 2 nitrogen and oxygen atoms in total. The molecule has 68 valence electrons. The van der Waals surface area contributed by atoms with Gasteiger partial charge < -0.3 is 4.98 Å². The van der Waals surface area contributed by atoms with Crippen LogP contribution < -0.4 is 5.59 Å². The van der Waals surface area contributed by atoms with E-state index < -0.39 is 0 Å². The van der Waals surface area contributed by atoms with Gasteiger partial charge in [0.25, 0.3) is 0 Å². The predicted octanol–water partition coefficient (Wildman–Crippen LogP) is 1.77. The number of rotatable bonds is 1. The van der Waals surface area contributed by atoms with Crippen molar-refractivity contribution in [1.29, 1.82) is 0 Å². The third kappa shape index (κ3) is 1.72. The van der Waals surface area contributed by atoms with Gasteiger partial charge in [0.15, 0.2) is 0 Å². The highest BCUT2D eigenvalue weighted by Gasteiger charge is 2.05. The minimum absolute atomic E-state index is 0.271. The normalized spacial score (nSPS) is 10.4. The molecule has 0 amide bonds. The van der Waals surface area contributed by atoms with E-state index >= 15 is 0 Å². The Balaban J connectivity index is 2.44. The van der Waals surface area contributed by atoms with Crippen LogP contribution in [0.4, 0.5) is 4.39 Å². The van der Waals surface area contributed by atoms with Crippen LogP contribution in [0.3, 0.4) is 0 Å². The first kappa shape index (κ1) is 9.46. The molecule has 14 heavy (non-hydrogen) atoms. The quantitative estimate of drug-likeness (QED) is 0.768. The number of H-pyrrole nitrogens is 1. The second kappa shape index (κ2) is 3.57. The topological polar surface area (TPSA) is 28.7 Å². The molecule has 0 spiro atoms. The lowest BCUT2D eigenvalue weighted by molar-refractivity contribution is 0.628. The molecule has 0 saturated heterocycles. The van der Waals surface area contributed by atoms with Gasteiger partial charge in [-0.25, -0.2) is 9.37 Å². The number of aromatic nitrogens is 2. The summed E-state index contributed by atoms with van der Waals surface area (Å²) >= 11 is 3.19. The third-order valence-corrected chi connectivity index (χ3v) is 2.41. The van der Waals surface area contributed by atoms with E-state index in [-0.39, 0.29) is 5.82 Å². The highest BCUT2D eigenvalue weighted by Crippen LogP contribution is 2.16. The van der Waals surface area contributed by atoms with Gasteiger partial charge in [0, 0.05) is 5.56 Å². The van der Waals surface area contributed by atoms with Crippen molar-refractivity contribution in [3.05, 3.63) is 34.7 Å². The summed E-state index contributed by atoms with van der Waals surface area (Å²) in [6.07, 6.45) is 0. The van der Waals surface area contributed by atoms with Gasteiger partial charge in [0.1, 0.15) is 24.1 Å². The van der Waals surface area contributed by atoms with E-state index in [0.717, 1.165) is 5.56 Å². The molecule has 0 fully saturated rings. The lowest BCUT2D eigenvalue weighted by Gasteiger charge is -1.95. The number of nitrogens with one attached hydrogen (secondary N) is 1. The van der Waals surface area contributed by atoms with Gasteiger partial charge in [-0.1, -0.05) is 0 Å². The summed E-state index contributed by atoms with van der Waals surface area (Å²) in [6, 6.07) is 6.03. The zero-order chi connectivity index (χ0) is 10.1. The summed E-state index contributed by atoms with van der Waals surface area (Å²) in [5.74, 6) is 0.349. The average molecular weight is 251 g/mol. The smallest absolute Gasteiger partial charge is 0.142 e. The van der Waals surface area contributed by atoms with Gasteiger partial charge in [-0.2, -0.15) is 0 Å². The first-order chi connectivity index (χ1) is 6.66. The average Bonchev–Trinajstić information content (AvgIpc) is 2.48. The van der Waals surface area contributed by atoms with Crippen molar-refractivity contribution in [1.82, 2.24) is 9.97 Å². The Labute approximate surface area is 90.1 Å². The fourth-order valence-electron chi connectivity index (χ4n) is 1.11. The number of halogens is 2. The van der Waals surface area contributed by atoms with Crippen LogP contribution in [0, 0.1) is 5.82 Å². The molecule has 1 heterocycles.